The second-order valence-corrected chi connectivity index (χ2v) is 5.83. The van der Waals surface area contributed by atoms with Gasteiger partial charge in [-0.25, -0.2) is 0 Å². The van der Waals surface area contributed by atoms with Crippen LogP contribution >= 0.6 is 27.3 Å². The Labute approximate surface area is 101 Å². The van der Waals surface area contributed by atoms with Crippen LogP contribution in [0.25, 0.3) is 0 Å². The van der Waals surface area contributed by atoms with E-state index in [0.717, 1.165) is 27.1 Å². The molecular formula is C11H11BrO2S. The molecule has 0 bridgehead atoms. The minimum Gasteiger partial charge on any atom is -0.490 e. The fourth-order valence-corrected chi connectivity index (χ4v) is 2.89. The molecule has 4 heteroatoms. The summed E-state index contributed by atoms with van der Waals surface area (Å²) in [5.41, 5.74) is 1.10. The summed E-state index contributed by atoms with van der Waals surface area (Å²) in [6.07, 6.45) is 3.82. The SMILES string of the molecule is Cc1cc(C(=O)C2=CCCCO2)sc1Br. The lowest BCUT2D eigenvalue weighted by Crippen LogP contribution is -2.10. The van der Waals surface area contributed by atoms with E-state index in [0.29, 0.717) is 12.4 Å². The molecule has 0 radical (unpaired) electrons. The minimum atomic E-state index is 0.00787. The van der Waals surface area contributed by atoms with Gasteiger partial charge in [0.15, 0.2) is 5.76 Å². The van der Waals surface area contributed by atoms with Crippen LogP contribution < -0.4 is 0 Å². The van der Waals surface area contributed by atoms with Crippen LogP contribution in [0.1, 0.15) is 28.1 Å². The van der Waals surface area contributed by atoms with Crippen LogP contribution in [0.5, 0.6) is 0 Å². The van der Waals surface area contributed by atoms with Crippen LogP contribution in [0.3, 0.4) is 0 Å². The van der Waals surface area contributed by atoms with Crippen molar-refractivity contribution in [2.24, 2.45) is 0 Å². The molecule has 1 aromatic rings. The molecule has 80 valence electrons. The predicted molar refractivity (Wildman–Crippen MR) is 64.4 cm³/mol. The van der Waals surface area contributed by atoms with Gasteiger partial charge in [-0.1, -0.05) is 0 Å². The third-order valence-electron chi connectivity index (χ3n) is 2.24. The topological polar surface area (TPSA) is 26.3 Å². The number of carbonyl (C=O) groups excluding carboxylic acids is 1. The maximum Gasteiger partial charge on any atom is 0.237 e. The van der Waals surface area contributed by atoms with E-state index < -0.39 is 0 Å². The van der Waals surface area contributed by atoms with Gasteiger partial charge in [0.05, 0.1) is 15.3 Å². The Hall–Kier alpha value is -0.610. The molecule has 2 nitrogen and oxygen atoms in total. The van der Waals surface area contributed by atoms with Crippen molar-refractivity contribution in [1.29, 1.82) is 0 Å². The van der Waals surface area contributed by atoms with E-state index in [9.17, 15) is 4.79 Å². The fraction of sp³-hybridized carbons (Fsp3) is 0.364. The highest BCUT2D eigenvalue weighted by molar-refractivity contribution is 9.11. The number of hydrogen-bond donors (Lipinski definition) is 0. The highest BCUT2D eigenvalue weighted by Crippen LogP contribution is 2.29. The number of thiophene rings is 1. The highest BCUT2D eigenvalue weighted by Gasteiger charge is 2.18. The lowest BCUT2D eigenvalue weighted by Gasteiger charge is -2.12. The molecule has 0 spiro atoms. The Bertz CT molecular complexity index is 401. The monoisotopic (exact) mass is 286 g/mol. The van der Waals surface area contributed by atoms with E-state index in [1.165, 1.54) is 11.3 Å². The van der Waals surface area contributed by atoms with Gasteiger partial charge < -0.3 is 4.74 Å². The number of rotatable bonds is 2. The van der Waals surface area contributed by atoms with Crippen molar-refractivity contribution in [3.05, 3.63) is 32.1 Å². The van der Waals surface area contributed by atoms with Crippen molar-refractivity contribution in [3.8, 4) is 0 Å². The summed E-state index contributed by atoms with van der Waals surface area (Å²) in [6.45, 7) is 2.64. The molecule has 2 rings (SSSR count). The van der Waals surface area contributed by atoms with Crippen LogP contribution in [-0.2, 0) is 4.74 Å². The maximum absolute atomic E-state index is 12.0. The van der Waals surface area contributed by atoms with E-state index in [2.05, 4.69) is 15.9 Å². The molecule has 1 aliphatic rings. The summed E-state index contributed by atoms with van der Waals surface area (Å²) < 4.78 is 6.36. The lowest BCUT2D eigenvalue weighted by atomic mass is 10.1. The number of allylic oxidation sites excluding steroid dienone is 2. The normalized spacial score (nSPS) is 15.7. The summed E-state index contributed by atoms with van der Waals surface area (Å²) in [4.78, 5) is 12.7. The first kappa shape index (κ1) is 10.9. The maximum atomic E-state index is 12.0. The largest absolute Gasteiger partial charge is 0.490 e. The van der Waals surface area contributed by atoms with Crippen LogP contribution in [0.2, 0.25) is 0 Å². The standard InChI is InChI=1S/C11H11BrO2S/c1-7-6-9(15-11(7)12)10(13)8-4-2-3-5-14-8/h4,6H,2-3,5H2,1H3. The number of ether oxygens (including phenoxy) is 1. The Kier molecular flexibility index (Phi) is 3.26. The molecule has 0 saturated carbocycles. The van der Waals surface area contributed by atoms with Crippen molar-refractivity contribution < 1.29 is 9.53 Å². The van der Waals surface area contributed by atoms with Gasteiger partial charge in [-0.05, 0) is 53.4 Å². The summed E-state index contributed by atoms with van der Waals surface area (Å²) in [5, 5.41) is 0. The van der Waals surface area contributed by atoms with Crippen LogP contribution in [-0.4, -0.2) is 12.4 Å². The third-order valence-corrected chi connectivity index (χ3v) is 4.38. The van der Waals surface area contributed by atoms with E-state index in [4.69, 9.17) is 4.74 Å². The molecule has 15 heavy (non-hydrogen) atoms. The van der Waals surface area contributed by atoms with E-state index in [1.54, 1.807) is 0 Å². The predicted octanol–water partition coefficient (Wildman–Crippen LogP) is 3.70. The fourth-order valence-electron chi connectivity index (χ4n) is 1.41. The van der Waals surface area contributed by atoms with Gasteiger partial charge >= 0.3 is 0 Å². The number of Topliss-reactive ketones (excluding diaryl/α,β-unsaturated/α-hetero) is 1. The Morgan fingerprint density at radius 3 is 2.93 bits per heavy atom. The van der Waals surface area contributed by atoms with Gasteiger partial charge in [0.1, 0.15) is 0 Å². The molecule has 0 aromatic carbocycles. The molecule has 1 aliphatic heterocycles. The molecule has 1 aromatic heterocycles. The summed E-state index contributed by atoms with van der Waals surface area (Å²) in [6, 6.07) is 1.90. The molecule has 0 unspecified atom stereocenters. The number of carbonyl (C=O) groups is 1. The van der Waals surface area contributed by atoms with Gasteiger partial charge in [-0.2, -0.15) is 0 Å². The van der Waals surface area contributed by atoms with Crippen LogP contribution in [0, 0.1) is 6.92 Å². The van der Waals surface area contributed by atoms with Gasteiger partial charge in [-0.15, -0.1) is 11.3 Å². The zero-order chi connectivity index (χ0) is 10.8. The van der Waals surface area contributed by atoms with Gasteiger partial charge in [-0.3, -0.25) is 4.79 Å². The average molecular weight is 287 g/mol. The summed E-state index contributed by atoms with van der Waals surface area (Å²) in [7, 11) is 0. The zero-order valence-electron chi connectivity index (χ0n) is 8.38. The first-order chi connectivity index (χ1) is 7.18. The van der Waals surface area contributed by atoms with E-state index >= 15 is 0 Å². The molecule has 2 heterocycles. The Morgan fingerprint density at radius 1 is 1.60 bits per heavy atom. The van der Waals surface area contributed by atoms with Crippen LogP contribution in [0.4, 0.5) is 0 Å². The van der Waals surface area contributed by atoms with Gasteiger partial charge in [0.25, 0.3) is 0 Å². The smallest absolute Gasteiger partial charge is 0.237 e. The molecule has 0 aliphatic carbocycles. The number of halogens is 1. The van der Waals surface area contributed by atoms with Crippen molar-refractivity contribution in [3.63, 3.8) is 0 Å². The molecule has 0 fully saturated rings. The summed E-state index contributed by atoms with van der Waals surface area (Å²) in [5.74, 6) is 0.517. The van der Waals surface area contributed by atoms with Gasteiger partial charge in [0.2, 0.25) is 5.78 Å². The van der Waals surface area contributed by atoms with Crippen molar-refractivity contribution in [2.45, 2.75) is 19.8 Å². The van der Waals surface area contributed by atoms with Crippen molar-refractivity contribution >= 4 is 33.0 Å². The zero-order valence-corrected chi connectivity index (χ0v) is 10.8. The number of ketones is 1. The third kappa shape index (κ3) is 2.32. The molecule has 0 N–H and O–H groups in total. The van der Waals surface area contributed by atoms with Crippen molar-refractivity contribution in [1.82, 2.24) is 0 Å². The van der Waals surface area contributed by atoms with Crippen molar-refractivity contribution in [2.75, 3.05) is 6.61 Å². The quantitative estimate of drug-likeness (QED) is 0.775. The number of aryl methyl sites for hydroxylation is 1. The second kappa shape index (κ2) is 4.49. The Morgan fingerprint density at radius 2 is 2.40 bits per heavy atom. The minimum absolute atomic E-state index is 0.00787. The highest BCUT2D eigenvalue weighted by atomic mass is 79.9. The van der Waals surface area contributed by atoms with E-state index in [1.807, 2.05) is 19.1 Å². The first-order valence-electron chi connectivity index (χ1n) is 4.82. The number of hydrogen-bond acceptors (Lipinski definition) is 3. The molecular weight excluding hydrogens is 276 g/mol. The Balaban J connectivity index is 2.23. The van der Waals surface area contributed by atoms with Crippen LogP contribution in [0.15, 0.2) is 21.7 Å². The first-order valence-corrected chi connectivity index (χ1v) is 6.43. The second-order valence-electron chi connectivity index (χ2n) is 3.46. The average Bonchev–Trinajstić information content (AvgIpc) is 2.59. The molecule has 0 atom stereocenters. The van der Waals surface area contributed by atoms with E-state index in [-0.39, 0.29) is 5.78 Å². The van der Waals surface area contributed by atoms with Gasteiger partial charge in [0, 0.05) is 0 Å². The summed E-state index contributed by atoms with van der Waals surface area (Å²) >= 11 is 4.88. The molecule has 0 saturated heterocycles. The lowest BCUT2D eigenvalue weighted by molar-refractivity contribution is 0.0903. The molecule has 0 amide bonds.